The molecule has 0 aromatic heterocycles. The van der Waals surface area contributed by atoms with Gasteiger partial charge in [-0.3, -0.25) is 0 Å². The lowest BCUT2D eigenvalue weighted by atomic mass is 9.68. The molecule has 1 heterocycles. The average molecular weight is 283 g/mol. The number of rotatable bonds is 4. The van der Waals surface area contributed by atoms with Crippen LogP contribution in [0.1, 0.15) is 59.3 Å². The van der Waals surface area contributed by atoms with Crippen LogP contribution < -0.4 is 5.73 Å². The molecule has 3 nitrogen and oxygen atoms in total. The maximum Gasteiger partial charge on any atom is 0.0808 e. The molecule has 1 saturated heterocycles. The summed E-state index contributed by atoms with van der Waals surface area (Å²) in [4.78, 5) is 0. The predicted molar refractivity (Wildman–Crippen MR) is 82.7 cm³/mol. The SMILES string of the molecule is CC(C)(C)C1CCC(CN)C(OCC2CCCCO2)C1. The molecule has 2 rings (SSSR count). The first kappa shape index (κ1) is 16.3. The summed E-state index contributed by atoms with van der Waals surface area (Å²) in [5.74, 6) is 1.29. The summed E-state index contributed by atoms with van der Waals surface area (Å²) in [6.45, 7) is 9.47. The minimum atomic E-state index is 0.317. The summed E-state index contributed by atoms with van der Waals surface area (Å²) in [6.07, 6.45) is 7.97. The molecule has 1 aliphatic heterocycles. The molecule has 20 heavy (non-hydrogen) atoms. The van der Waals surface area contributed by atoms with Crippen molar-refractivity contribution >= 4 is 0 Å². The van der Waals surface area contributed by atoms with Crippen LogP contribution >= 0.6 is 0 Å². The van der Waals surface area contributed by atoms with Crippen LogP contribution in [0.3, 0.4) is 0 Å². The highest BCUT2D eigenvalue weighted by atomic mass is 16.5. The van der Waals surface area contributed by atoms with Crippen molar-refractivity contribution in [2.75, 3.05) is 19.8 Å². The van der Waals surface area contributed by atoms with Gasteiger partial charge in [-0.05, 0) is 62.3 Å². The Bertz CT molecular complexity index is 281. The maximum atomic E-state index is 6.25. The van der Waals surface area contributed by atoms with Crippen LogP contribution in [0.25, 0.3) is 0 Å². The minimum Gasteiger partial charge on any atom is -0.376 e. The average Bonchev–Trinajstić information content (AvgIpc) is 2.45. The molecule has 0 bridgehead atoms. The first-order chi connectivity index (χ1) is 9.50. The molecule has 1 saturated carbocycles. The van der Waals surface area contributed by atoms with Gasteiger partial charge in [0, 0.05) is 6.61 Å². The Hall–Kier alpha value is -0.120. The van der Waals surface area contributed by atoms with Crippen LogP contribution in [0.5, 0.6) is 0 Å². The van der Waals surface area contributed by atoms with Crippen molar-refractivity contribution in [2.45, 2.75) is 71.5 Å². The smallest absolute Gasteiger partial charge is 0.0808 e. The quantitative estimate of drug-likeness (QED) is 0.860. The lowest BCUT2D eigenvalue weighted by Gasteiger charge is -2.41. The molecule has 1 aliphatic carbocycles. The van der Waals surface area contributed by atoms with Crippen LogP contribution in [0, 0.1) is 17.3 Å². The fourth-order valence-corrected chi connectivity index (χ4v) is 3.62. The van der Waals surface area contributed by atoms with E-state index in [-0.39, 0.29) is 0 Å². The highest BCUT2D eigenvalue weighted by Gasteiger charge is 2.36. The first-order valence-corrected chi connectivity index (χ1v) is 8.44. The highest BCUT2D eigenvalue weighted by Crippen LogP contribution is 2.40. The molecule has 0 aromatic carbocycles. The molecule has 4 unspecified atom stereocenters. The molecule has 0 spiro atoms. The topological polar surface area (TPSA) is 44.5 Å². The molecule has 2 fully saturated rings. The Balaban J connectivity index is 1.84. The molecule has 2 N–H and O–H groups in total. The predicted octanol–water partition coefficient (Wildman–Crippen LogP) is 3.36. The van der Waals surface area contributed by atoms with Crippen molar-refractivity contribution in [3.63, 3.8) is 0 Å². The van der Waals surface area contributed by atoms with E-state index in [1.54, 1.807) is 0 Å². The third-order valence-corrected chi connectivity index (χ3v) is 5.23. The van der Waals surface area contributed by atoms with Crippen molar-refractivity contribution in [2.24, 2.45) is 23.0 Å². The summed E-state index contributed by atoms with van der Waals surface area (Å²) < 4.78 is 12.0. The zero-order chi connectivity index (χ0) is 14.6. The van der Waals surface area contributed by atoms with Crippen LogP contribution in [-0.4, -0.2) is 32.0 Å². The van der Waals surface area contributed by atoms with Gasteiger partial charge in [0.2, 0.25) is 0 Å². The van der Waals surface area contributed by atoms with Gasteiger partial charge in [-0.25, -0.2) is 0 Å². The molecule has 118 valence electrons. The van der Waals surface area contributed by atoms with E-state index in [0.717, 1.165) is 38.5 Å². The molecule has 0 radical (unpaired) electrons. The number of ether oxygens (including phenoxy) is 2. The van der Waals surface area contributed by atoms with Gasteiger partial charge in [0.15, 0.2) is 0 Å². The Morgan fingerprint density at radius 1 is 1.15 bits per heavy atom. The lowest BCUT2D eigenvalue weighted by molar-refractivity contribution is -0.0959. The summed E-state index contributed by atoms with van der Waals surface area (Å²) in [5.41, 5.74) is 6.32. The molecule has 4 atom stereocenters. The van der Waals surface area contributed by atoms with Gasteiger partial charge >= 0.3 is 0 Å². The van der Waals surface area contributed by atoms with Crippen molar-refractivity contribution in [3.8, 4) is 0 Å². The zero-order valence-corrected chi connectivity index (χ0v) is 13.6. The number of hydrogen-bond donors (Lipinski definition) is 1. The van der Waals surface area contributed by atoms with Gasteiger partial charge in [0.05, 0.1) is 18.8 Å². The Labute approximate surface area is 124 Å². The largest absolute Gasteiger partial charge is 0.376 e. The van der Waals surface area contributed by atoms with E-state index in [1.165, 1.54) is 25.7 Å². The van der Waals surface area contributed by atoms with Crippen molar-refractivity contribution in [1.82, 2.24) is 0 Å². The second-order valence-corrected chi connectivity index (χ2v) is 7.73. The number of nitrogens with two attached hydrogens (primary N) is 1. The van der Waals surface area contributed by atoms with Gasteiger partial charge in [-0.1, -0.05) is 20.8 Å². The molecular formula is C17H33NO2. The van der Waals surface area contributed by atoms with E-state index in [1.807, 2.05) is 0 Å². The third kappa shape index (κ3) is 4.44. The monoisotopic (exact) mass is 283 g/mol. The summed E-state index contributed by atoms with van der Waals surface area (Å²) >= 11 is 0. The lowest BCUT2D eigenvalue weighted by Crippen LogP contribution is -2.41. The highest BCUT2D eigenvalue weighted by molar-refractivity contribution is 4.87. The van der Waals surface area contributed by atoms with E-state index in [9.17, 15) is 0 Å². The molecule has 3 heteroatoms. The third-order valence-electron chi connectivity index (χ3n) is 5.23. The van der Waals surface area contributed by atoms with Crippen molar-refractivity contribution < 1.29 is 9.47 Å². The zero-order valence-electron chi connectivity index (χ0n) is 13.6. The molecule has 2 aliphatic rings. The van der Waals surface area contributed by atoms with Crippen molar-refractivity contribution in [1.29, 1.82) is 0 Å². The number of hydrogen-bond acceptors (Lipinski definition) is 3. The summed E-state index contributed by atoms with van der Waals surface area (Å²) in [6, 6.07) is 0. The second kappa shape index (κ2) is 7.24. The van der Waals surface area contributed by atoms with E-state index in [2.05, 4.69) is 20.8 Å². The Kier molecular flexibility index (Phi) is 5.88. The van der Waals surface area contributed by atoms with E-state index >= 15 is 0 Å². The Morgan fingerprint density at radius 3 is 2.55 bits per heavy atom. The van der Waals surface area contributed by atoms with Gasteiger partial charge in [-0.15, -0.1) is 0 Å². The van der Waals surface area contributed by atoms with Gasteiger partial charge in [-0.2, -0.15) is 0 Å². The van der Waals surface area contributed by atoms with E-state index < -0.39 is 0 Å². The second-order valence-electron chi connectivity index (χ2n) is 7.73. The van der Waals surface area contributed by atoms with Crippen LogP contribution in [0.2, 0.25) is 0 Å². The molecule has 0 amide bonds. The summed E-state index contributed by atoms with van der Waals surface area (Å²) in [7, 11) is 0. The summed E-state index contributed by atoms with van der Waals surface area (Å²) in [5, 5.41) is 0. The molecular weight excluding hydrogens is 250 g/mol. The van der Waals surface area contributed by atoms with Crippen LogP contribution in [-0.2, 0) is 9.47 Å². The fourth-order valence-electron chi connectivity index (χ4n) is 3.62. The van der Waals surface area contributed by atoms with Gasteiger partial charge in [0.25, 0.3) is 0 Å². The minimum absolute atomic E-state index is 0.317. The maximum absolute atomic E-state index is 6.25. The Morgan fingerprint density at radius 2 is 1.95 bits per heavy atom. The van der Waals surface area contributed by atoms with E-state index in [0.29, 0.717) is 23.5 Å². The van der Waals surface area contributed by atoms with Crippen molar-refractivity contribution in [3.05, 3.63) is 0 Å². The first-order valence-electron chi connectivity index (χ1n) is 8.44. The standard InChI is InChI=1S/C17H33NO2/c1-17(2,3)14-8-7-13(11-18)16(10-14)20-12-15-6-4-5-9-19-15/h13-16H,4-12,18H2,1-3H3. The van der Waals surface area contributed by atoms with E-state index in [4.69, 9.17) is 15.2 Å². The fraction of sp³-hybridized carbons (Fsp3) is 1.00. The van der Waals surface area contributed by atoms with Crippen LogP contribution in [0.15, 0.2) is 0 Å². The van der Waals surface area contributed by atoms with Gasteiger partial charge in [0.1, 0.15) is 0 Å². The normalized spacial score (nSPS) is 36.0. The molecule has 0 aromatic rings. The van der Waals surface area contributed by atoms with Gasteiger partial charge < -0.3 is 15.2 Å². The van der Waals surface area contributed by atoms with Crippen LogP contribution in [0.4, 0.5) is 0 Å².